The number of halogens is 1. The largest absolute Gasteiger partial charge is 0.326 e. The van der Waals surface area contributed by atoms with Gasteiger partial charge in [-0.25, -0.2) is 4.39 Å². The van der Waals surface area contributed by atoms with E-state index < -0.39 is 0 Å². The lowest BCUT2D eigenvalue weighted by Crippen LogP contribution is -2.39. The summed E-state index contributed by atoms with van der Waals surface area (Å²) in [5, 5.41) is 0. The monoisotopic (exact) mass is 236 g/mol. The van der Waals surface area contributed by atoms with Gasteiger partial charge in [0.05, 0.1) is 0 Å². The van der Waals surface area contributed by atoms with E-state index in [0.717, 1.165) is 12.0 Å². The van der Waals surface area contributed by atoms with E-state index in [2.05, 4.69) is 18.9 Å². The van der Waals surface area contributed by atoms with Crippen LogP contribution in [-0.2, 0) is 0 Å². The molecule has 17 heavy (non-hydrogen) atoms. The Kier molecular flexibility index (Phi) is 3.79. The van der Waals surface area contributed by atoms with E-state index in [-0.39, 0.29) is 17.9 Å². The van der Waals surface area contributed by atoms with Crippen LogP contribution in [0.3, 0.4) is 0 Å². The molecule has 1 aromatic carbocycles. The molecule has 1 aromatic rings. The first kappa shape index (κ1) is 12.5. The normalized spacial score (nSPS) is 19.4. The van der Waals surface area contributed by atoms with Gasteiger partial charge < -0.3 is 5.73 Å². The van der Waals surface area contributed by atoms with Crippen LogP contribution >= 0.6 is 0 Å². The minimum Gasteiger partial charge on any atom is -0.326 e. The van der Waals surface area contributed by atoms with Gasteiger partial charge in [-0.2, -0.15) is 0 Å². The molecule has 3 heteroatoms. The molecule has 2 atom stereocenters. The Morgan fingerprint density at radius 3 is 2.41 bits per heavy atom. The molecule has 0 spiro atoms. The topological polar surface area (TPSA) is 29.3 Å². The number of nitrogens with zero attached hydrogens (tertiary/aromatic N) is 1. The third-order valence-corrected chi connectivity index (χ3v) is 3.65. The second-order valence-electron chi connectivity index (χ2n) is 4.97. The highest BCUT2D eigenvalue weighted by atomic mass is 19.1. The van der Waals surface area contributed by atoms with Crippen LogP contribution in [0.15, 0.2) is 24.3 Å². The minimum atomic E-state index is -0.188. The first-order chi connectivity index (χ1) is 8.13. The van der Waals surface area contributed by atoms with Gasteiger partial charge >= 0.3 is 0 Å². The average Bonchev–Trinajstić information content (AvgIpc) is 3.15. The fourth-order valence-corrected chi connectivity index (χ4v) is 2.38. The highest BCUT2D eigenvalue weighted by Crippen LogP contribution is 2.34. The predicted octanol–water partition coefficient (Wildman–Crippen LogP) is 2.70. The van der Waals surface area contributed by atoms with Crippen molar-refractivity contribution in [3.05, 3.63) is 35.6 Å². The summed E-state index contributed by atoms with van der Waals surface area (Å²) in [5.74, 6) is -0.188. The Morgan fingerprint density at radius 1 is 1.35 bits per heavy atom. The van der Waals surface area contributed by atoms with Gasteiger partial charge in [-0.15, -0.1) is 0 Å². The maximum absolute atomic E-state index is 13.0. The van der Waals surface area contributed by atoms with Crippen LogP contribution in [0.25, 0.3) is 0 Å². The number of hydrogen-bond acceptors (Lipinski definition) is 2. The van der Waals surface area contributed by atoms with Crippen LogP contribution in [0.4, 0.5) is 4.39 Å². The van der Waals surface area contributed by atoms with Gasteiger partial charge in [0.15, 0.2) is 0 Å². The Morgan fingerprint density at radius 2 is 1.94 bits per heavy atom. The van der Waals surface area contributed by atoms with Crippen molar-refractivity contribution >= 4 is 0 Å². The molecule has 2 nitrogen and oxygen atoms in total. The highest BCUT2D eigenvalue weighted by molar-refractivity contribution is 5.22. The molecule has 1 fully saturated rings. The van der Waals surface area contributed by atoms with Gasteiger partial charge in [-0.1, -0.05) is 19.1 Å². The molecule has 2 N–H and O–H groups in total. The van der Waals surface area contributed by atoms with Crippen molar-refractivity contribution in [2.45, 2.75) is 44.3 Å². The zero-order valence-electron chi connectivity index (χ0n) is 10.6. The lowest BCUT2D eigenvalue weighted by atomic mass is 9.96. The van der Waals surface area contributed by atoms with Crippen molar-refractivity contribution in [3.8, 4) is 0 Å². The van der Waals surface area contributed by atoms with E-state index in [0.29, 0.717) is 6.04 Å². The fraction of sp³-hybridized carbons (Fsp3) is 0.571. The molecule has 94 valence electrons. The summed E-state index contributed by atoms with van der Waals surface area (Å²) in [6.45, 7) is 2.10. The van der Waals surface area contributed by atoms with Crippen molar-refractivity contribution in [2.24, 2.45) is 5.73 Å². The minimum absolute atomic E-state index is 0.103. The molecule has 1 aliphatic carbocycles. The summed E-state index contributed by atoms with van der Waals surface area (Å²) in [4.78, 5) is 2.35. The number of likely N-dealkylation sites (N-methyl/N-ethyl adjacent to an activating group) is 1. The maximum Gasteiger partial charge on any atom is 0.123 e. The van der Waals surface area contributed by atoms with Crippen LogP contribution in [-0.4, -0.2) is 24.0 Å². The molecule has 0 radical (unpaired) electrons. The molecular weight excluding hydrogens is 215 g/mol. The standard InChI is InChI=1S/C14H21FN2/c1-3-13(16)14(17(2)12-8-9-12)10-4-6-11(15)7-5-10/h4-7,12-14H,3,8-9,16H2,1-2H3. The lowest BCUT2D eigenvalue weighted by molar-refractivity contribution is 0.200. The van der Waals surface area contributed by atoms with E-state index in [1.165, 1.54) is 25.0 Å². The smallest absolute Gasteiger partial charge is 0.123 e. The second-order valence-corrected chi connectivity index (χ2v) is 4.97. The molecule has 1 saturated carbocycles. The molecule has 2 rings (SSSR count). The summed E-state index contributed by atoms with van der Waals surface area (Å²) in [5.41, 5.74) is 7.34. The second kappa shape index (κ2) is 5.15. The van der Waals surface area contributed by atoms with E-state index in [9.17, 15) is 4.39 Å². The Balaban J connectivity index is 2.22. The summed E-state index contributed by atoms with van der Waals surface area (Å²) in [7, 11) is 2.13. The van der Waals surface area contributed by atoms with Crippen LogP contribution in [0.1, 0.15) is 37.8 Å². The molecule has 0 amide bonds. The SMILES string of the molecule is CCC(N)C(c1ccc(F)cc1)N(C)C1CC1. The zero-order valence-corrected chi connectivity index (χ0v) is 10.6. The number of benzene rings is 1. The average molecular weight is 236 g/mol. The van der Waals surface area contributed by atoms with E-state index in [4.69, 9.17) is 5.73 Å². The fourth-order valence-electron chi connectivity index (χ4n) is 2.38. The molecule has 0 heterocycles. The first-order valence-corrected chi connectivity index (χ1v) is 6.36. The van der Waals surface area contributed by atoms with Gasteiger partial charge in [-0.05, 0) is 44.0 Å². The molecule has 0 bridgehead atoms. The number of nitrogens with two attached hydrogens (primary N) is 1. The Hall–Kier alpha value is -0.930. The van der Waals surface area contributed by atoms with Crippen molar-refractivity contribution in [2.75, 3.05) is 7.05 Å². The van der Waals surface area contributed by atoms with Crippen LogP contribution < -0.4 is 5.73 Å². The van der Waals surface area contributed by atoms with E-state index in [1.54, 1.807) is 0 Å². The van der Waals surface area contributed by atoms with E-state index in [1.807, 2.05) is 12.1 Å². The van der Waals surface area contributed by atoms with Crippen LogP contribution in [0, 0.1) is 5.82 Å². The van der Waals surface area contributed by atoms with Crippen molar-refractivity contribution < 1.29 is 4.39 Å². The molecule has 0 aliphatic heterocycles. The van der Waals surface area contributed by atoms with Crippen LogP contribution in [0.2, 0.25) is 0 Å². The van der Waals surface area contributed by atoms with Crippen LogP contribution in [0.5, 0.6) is 0 Å². The lowest BCUT2D eigenvalue weighted by Gasteiger charge is -2.33. The maximum atomic E-state index is 13.0. The van der Waals surface area contributed by atoms with Gasteiger partial charge in [0.2, 0.25) is 0 Å². The van der Waals surface area contributed by atoms with Gasteiger partial charge in [0, 0.05) is 18.1 Å². The number of rotatable bonds is 5. The Labute approximate surface area is 103 Å². The molecular formula is C14H21FN2. The van der Waals surface area contributed by atoms with E-state index >= 15 is 0 Å². The third kappa shape index (κ3) is 2.85. The van der Waals surface area contributed by atoms with Crippen molar-refractivity contribution in [3.63, 3.8) is 0 Å². The van der Waals surface area contributed by atoms with Gasteiger partial charge in [0.25, 0.3) is 0 Å². The summed E-state index contributed by atoms with van der Waals surface area (Å²) >= 11 is 0. The van der Waals surface area contributed by atoms with Gasteiger partial charge in [-0.3, -0.25) is 4.90 Å². The summed E-state index contributed by atoms with van der Waals surface area (Å²) < 4.78 is 13.0. The number of hydrogen-bond donors (Lipinski definition) is 1. The predicted molar refractivity (Wildman–Crippen MR) is 68.2 cm³/mol. The zero-order chi connectivity index (χ0) is 12.4. The molecule has 1 aliphatic rings. The third-order valence-electron chi connectivity index (χ3n) is 3.65. The van der Waals surface area contributed by atoms with Crippen molar-refractivity contribution in [1.82, 2.24) is 4.90 Å². The quantitative estimate of drug-likeness (QED) is 0.851. The summed E-state index contributed by atoms with van der Waals surface area (Å²) in [6.07, 6.45) is 3.44. The Bertz CT molecular complexity index is 359. The van der Waals surface area contributed by atoms with Crippen molar-refractivity contribution in [1.29, 1.82) is 0 Å². The highest BCUT2D eigenvalue weighted by Gasteiger charge is 2.34. The molecule has 0 aromatic heterocycles. The summed E-state index contributed by atoms with van der Waals surface area (Å²) in [6, 6.07) is 7.71. The first-order valence-electron chi connectivity index (χ1n) is 6.36. The molecule has 0 saturated heterocycles. The molecule has 2 unspecified atom stereocenters. The van der Waals surface area contributed by atoms with Gasteiger partial charge in [0.1, 0.15) is 5.82 Å².